The van der Waals surface area contributed by atoms with Gasteiger partial charge in [0.1, 0.15) is 0 Å². The molecule has 0 aromatic heterocycles. The van der Waals surface area contributed by atoms with E-state index in [9.17, 15) is 18.0 Å². The third-order valence-electron chi connectivity index (χ3n) is 4.52. The number of ketones is 1. The van der Waals surface area contributed by atoms with E-state index in [0.717, 1.165) is 0 Å². The van der Waals surface area contributed by atoms with Crippen LogP contribution in [0.3, 0.4) is 0 Å². The van der Waals surface area contributed by atoms with Crippen molar-refractivity contribution in [1.82, 2.24) is 4.31 Å². The molecule has 1 fully saturated rings. The number of carbonyl (C=O) groups excluding carboxylic acids is 2. The summed E-state index contributed by atoms with van der Waals surface area (Å²) in [4.78, 5) is 24.4. The number of hydrogen-bond donors (Lipinski definition) is 0. The van der Waals surface area contributed by atoms with Crippen LogP contribution in [0.2, 0.25) is 0 Å². The second-order valence-electron chi connectivity index (χ2n) is 6.97. The molecule has 1 aliphatic heterocycles. The maximum atomic E-state index is 13.0. The smallest absolute Gasteiger partial charge is 0.338 e. The molecule has 1 aliphatic rings. The summed E-state index contributed by atoms with van der Waals surface area (Å²) < 4.78 is 38.0. The number of hydrogen-bond acceptors (Lipinski definition) is 6. The van der Waals surface area contributed by atoms with Crippen LogP contribution in [0.15, 0.2) is 59.5 Å². The fourth-order valence-electron chi connectivity index (χ4n) is 3.18. The fourth-order valence-corrected chi connectivity index (χ4v) is 4.82. The SMILES string of the molecule is C[C@@H]1CN(S(=O)(=O)c2cccc(C(=O)OCC(=O)c3ccccc3)c2)C[C@H](C)O1. The molecule has 3 rings (SSSR count). The van der Waals surface area contributed by atoms with Crippen molar-refractivity contribution in [3.63, 3.8) is 0 Å². The molecule has 2 atom stereocenters. The normalized spacial score (nSPS) is 20.2. The molecule has 7 nitrogen and oxygen atoms in total. The number of benzene rings is 2. The summed E-state index contributed by atoms with van der Waals surface area (Å²) in [6.45, 7) is 3.70. The van der Waals surface area contributed by atoms with Gasteiger partial charge in [-0.2, -0.15) is 4.31 Å². The van der Waals surface area contributed by atoms with Gasteiger partial charge < -0.3 is 9.47 Å². The number of carbonyl (C=O) groups is 2. The number of nitrogens with zero attached hydrogens (tertiary/aromatic N) is 1. The highest BCUT2D eigenvalue weighted by molar-refractivity contribution is 7.89. The van der Waals surface area contributed by atoms with Gasteiger partial charge in [-0.1, -0.05) is 36.4 Å². The van der Waals surface area contributed by atoms with Crippen LogP contribution in [0, 0.1) is 0 Å². The van der Waals surface area contributed by atoms with E-state index in [1.807, 2.05) is 13.8 Å². The first-order chi connectivity index (χ1) is 13.8. The Morgan fingerprint density at radius 2 is 1.62 bits per heavy atom. The predicted molar refractivity (Wildman–Crippen MR) is 106 cm³/mol. The summed E-state index contributed by atoms with van der Waals surface area (Å²) in [5, 5.41) is 0. The minimum atomic E-state index is -3.78. The molecular formula is C21H23NO6S. The third-order valence-corrected chi connectivity index (χ3v) is 6.35. The number of esters is 1. The maximum absolute atomic E-state index is 13.0. The van der Waals surface area contributed by atoms with Gasteiger partial charge in [-0.05, 0) is 32.0 Å². The highest BCUT2D eigenvalue weighted by Gasteiger charge is 2.32. The number of sulfonamides is 1. The summed E-state index contributed by atoms with van der Waals surface area (Å²) in [5.41, 5.74) is 0.508. The van der Waals surface area contributed by atoms with Gasteiger partial charge in [0.25, 0.3) is 0 Å². The number of rotatable bonds is 6. The van der Waals surface area contributed by atoms with Gasteiger partial charge in [-0.25, -0.2) is 13.2 Å². The number of ether oxygens (including phenoxy) is 2. The van der Waals surface area contributed by atoms with Crippen LogP contribution in [0.5, 0.6) is 0 Å². The molecule has 0 unspecified atom stereocenters. The first-order valence-electron chi connectivity index (χ1n) is 9.28. The van der Waals surface area contributed by atoms with Gasteiger partial charge in [-0.3, -0.25) is 4.79 Å². The predicted octanol–water partition coefficient (Wildman–Crippen LogP) is 2.52. The van der Waals surface area contributed by atoms with E-state index in [1.165, 1.54) is 28.6 Å². The van der Waals surface area contributed by atoms with Crippen molar-refractivity contribution in [3.8, 4) is 0 Å². The molecule has 1 heterocycles. The lowest BCUT2D eigenvalue weighted by molar-refractivity contribution is -0.0440. The molecule has 8 heteroatoms. The van der Waals surface area contributed by atoms with Crippen molar-refractivity contribution in [2.45, 2.75) is 31.0 Å². The van der Waals surface area contributed by atoms with E-state index in [1.54, 1.807) is 30.3 Å². The highest BCUT2D eigenvalue weighted by atomic mass is 32.2. The summed E-state index contributed by atoms with van der Waals surface area (Å²) in [6.07, 6.45) is -0.434. The van der Waals surface area contributed by atoms with Crippen LogP contribution in [-0.4, -0.2) is 56.4 Å². The largest absolute Gasteiger partial charge is 0.454 e. The minimum absolute atomic E-state index is 0.00244. The van der Waals surface area contributed by atoms with Crippen molar-refractivity contribution in [3.05, 3.63) is 65.7 Å². The van der Waals surface area contributed by atoms with E-state index in [-0.39, 0.29) is 41.5 Å². The van der Waals surface area contributed by atoms with Gasteiger partial charge in [0.15, 0.2) is 12.4 Å². The first-order valence-corrected chi connectivity index (χ1v) is 10.7. The standard InChI is InChI=1S/C21H23NO6S/c1-15-12-22(13-16(2)28-15)29(25,26)19-10-6-9-18(11-19)21(24)27-14-20(23)17-7-4-3-5-8-17/h3-11,15-16H,12-14H2,1-2H3/t15-,16+. The Morgan fingerprint density at radius 3 is 2.28 bits per heavy atom. The average Bonchev–Trinajstić information content (AvgIpc) is 2.71. The van der Waals surface area contributed by atoms with Crippen molar-refractivity contribution in [2.24, 2.45) is 0 Å². The Labute approximate surface area is 170 Å². The zero-order chi connectivity index (χ0) is 21.0. The lowest BCUT2D eigenvalue weighted by Gasteiger charge is -2.34. The van der Waals surface area contributed by atoms with Gasteiger partial charge in [0.05, 0.1) is 22.7 Å². The zero-order valence-corrected chi connectivity index (χ0v) is 17.1. The van der Waals surface area contributed by atoms with E-state index >= 15 is 0 Å². The Hall–Kier alpha value is -2.55. The average molecular weight is 417 g/mol. The molecule has 0 bridgehead atoms. The zero-order valence-electron chi connectivity index (χ0n) is 16.3. The molecule has 154 valence electrons. The lowest BCUT2D eigenvalue weighted by atomic mass is 10.1. The Kier molecular flexibility index (Phi) is 6.46. The molecule has 2 aromatic carbocycles. The first kappa shape index (κ1) is 21.2. The van der Waals surface area contributed by atoms with E-state index in [2.05, 4.69) is 0 Å². The third kappa shape index (κ3) is 5.09. The summed E-state index contributed by atoms with van der Waals surface area (Å²) in [7, 11) is -3.78. The maximum Gasteiger partial charge on any atom is 0.338 e. The Morgan fingerprint density at radius 1 is 1.00 bits per heavy atom. The molecule has 0 saturated carbocycles. The van der Waals surface area contributed by atoms with Crippen molar-refractivity contribution < 1.29 is 27.5 Å². The van der Waals surface area contributed by atoms with Crippen molar-refractivity contribution in [1.29, 1.82) is 0 Å². The quantitative estimate of drug-likeness (QED) is 0.530. The molecule has 0 radical (unpaired) electrons. The van der Waals surface area contributed by atoms with Gasteiger partial charge in [0.2, 0.25) is 10.0 Å². The van der Waals surface area contributed by atoms with Crippen LogP contribution in [0.4, 0.5) is 0 Å². The highest BCUT2D eigenvalue weighted by Crippen LogP contribution is 2.22. The topological polar surface area (TPSA) is 90.0 Å². The van der Waals surface area contributed by atoms with Crippen LogP contribution in [-0.2, 0) is 19.5 Å². The van der Waals surface area contributed by atoms with Crippen molar-refractivity contribution >= 4 is 21.8 Å². The van der Waals surface area contributed by atoms with Crippen LogP contribution < -0.4 is 0 Å². The molecule has 0 N–H and O–H groups in total. The second kappa shape index (κ2) is 8.86. The lowest BCUT2D eigenvalue weighted by Crippen LogP contribution is -2.48. The van der Waals surface area contributed by atoms with Gasteiger partial charge in [0, 0.05) is 18.7 Å². The summed E-state index contributed by atoms with van der Waals surface area (Å²) in [6, 6.07) is 14.1. The van der Waals surface area contributed by atoms with Crippen LogP contribution in [0.25, 0.3) is 0 Å². The molecule has 0 aliphatic carbocycles. The number of morpholine rings is 1. The monoisotopic (exact) mass is 417 g/mol. The Bertz CT molecular complexity index is 979. The summed E-state index contributed by atoms with van der Waals surface area (Å²) >= 11 is 0. The van der Waals surface area contributed by atoms with E-state index < -0.39 is 22.6 Å². The molecular weight excluding hydrogens is 394 g/mol. The fraction of sp³-hybridized carbons (Fsp3) is 0.333. The van der Waals surface area contributed by atoms with Gasteiger partial charge in [-0.15, -0.1) is 0 Å². The van der Waals surface area contributed by atoms with E-state index in [4.69, 9.17) is 9.47 Å². The number of Topliss-reactive ketones (excluding diaryl/α,β-unsaturated/α-hetero) is 1. The van der Waals surface area contributed by atoms with Crippen molar-refractivity contribution in [2.75, 3.05) is 19.7 Å². The molecule has 29 heavy (non-hydrogen) atoms. The second-order valence-corrected chi connectivity index (χ2v) is 8.91. The minimum Gasteiger partial charge on any atom is -0.454 e. The molecule has 2 aromatic rings. The van der Waals surface area contributed by atoms with Crippen LogP contribution >= 0.6 is 0 Å². The van der Waals surface area contributed by atoms with Crippen LogP contribution in [0.1, 0.15) is 34.6 Å². The van der Waals surface area contributed by atoms with E-state index in [0.29, 0.717) is 5.56 Å². The Balaban J connectivity index is 1.71. The molecule has 0 amide bonds. The van der Waals surface area contributed by atoms with Gasteiger partial charge >= 0.3 is 5.97 Å². The summed E-state index contributed by atoms with van der Waals surface area (Å²) in [5.74, 6) is -1.09. The molecule has 0 spiro atoms. The molecule has 1 saturated heterocycles.